The fraction of sp³-hybridized carbons (Fsp3) is 0.576. The molecule has 2 aromatic rings. The average Bonchev–Trinajstić information content (AvgIpc) is 2.95. The van der Waals surface area contributed by atoms with Crippen molar-refractivity contribution >= 4 is 11.9 Å². The molecule has 1 amide bonds. The monoisotopic (exact) mass is 564 g/mol. The number of piperazine rings is 2. The number of carboxylic acids is 1. The number of aliphatic carboxylic acids is 1. The molecule has 2 saturated heterocycles. The molecule has 224 valence electrons. The van der Waals surface area contributed by atoms with Crippen molar-refractivity contribution in [3.05, 3.63) is 65.2 Å². The summed E-state index contributed by atoms with van der Waals surface area (Å²) in [4.78, 5) is 33.7. The highest BCUT2D eigenvalue weighted by Gasteiger charge is 2.35. The number of carbonyl (C=O) groups is 2. The maximum absolute atomic E-state index is 13.6. The number of nitrogens with zero attached hydrogens (tertiary/aromatic N) is 4. The Labute approximate surface area is 245 Å². The Balaban J connectivity index is 1.53. The second-order valence-electron chi connectivity index (χ2n) is 12.1. The number of amides is 1. The van der Waals surface area contributed by atoms with Crippen molar-refractivity contribution in [1.82, 2.24) is 19.6 Å². The van der Waals surface area contributed by atoms with Crippen LogP contribution in [-0.2, 0) is 4.79 Å². The molecular weight excluding hydrogens is 516 g/mol. The molecule has 2 aliphatic heterocycles. The molecular formula is C33H48N4O4. The topological polar surface area (TPSA) is 87.6 Å². The van der Waals surface area contributed by atoms with E-state index in [1.54, 1.807) is 6.07 Å². The van der Waals surface area contributed by atoms with Crippen LogP contribution in [0.4, 0.5) is 0 Å². The molecule has 2 heterocycles. The molecule has 2 fully saturated rings. The Hall–Kier alpha value is -2.94. The van der Waals surface area contributed by atoms with E-state index in [0.29, 0.717) is 43.1 Å². The lowest BCUT2D eigenvalue weighted by Crippen LogP contribution is -2.57. The fourth-order valence-electron chi connectivity index (χ4n) is 6.29. The molecule has 2 aliphatic rings. The smallest absolute Gasteiger partial charge is 0.303 e. The lowest BCUT2D eigenvalue weighted by molar-refractivity contribution is -0.137. The second-order valence-corrected chi connectivity index (χ2v) is 12.1. The third-order valence-electron chi connectivity index (χ3n) is 8.90. The maximum Gasteiger partial charge on any atom is 0.303 e. The molecule has 41 heavy (non-hydrogen) atoms. The van der Waals surface area contributed by atoms with Crippen molar-refractivity contribution in [2.75, 3.05) is 52.4 Å². The molecule has 0 bridgehead atoms. The van der Waals surface area contributed by atoms with Crippen LogP contribution in [0.25, 0.3) is 0 Å². The molecule has 8 nitrogen and oxygen atoms in total. The summed E-state index contributed by atoms with van der Waals surface area (Å²) in [5.41, 5.74) is 2.77. The van der Waals surface area contributed by atoms with E-state index < -0.39 is 5.97 Å². The number of phenolic OH excluding ortho intramolecular Hbond substituents is 1. The van der Waals surface area contributed by atoms with Crippen LogP contribution >= 0.6 is 0 Å². The van der Waals surface area contributed by atoms with Gasteiger partial charge in [0, 0.05) is 69.9 Å². The van der Waals surface area contributed by atoms with Crippen LogP contribution in [0.1, 0.15) is 74.5 Å². The van der Waals surface area contributed by atoms with Crippen LogP contribution in [0.2, 0.25) is 0 Å². The minimum absolute atomic E-state index is 0.0338. The molecule has 2 unspecified atom stereocenters. The van der Waals surface area contributed by atoms with Crippen LogP contribution in [0.15, 0.2) is 48.5 Å². The standard InChI is InChI=1S/C33H48N4O4/c1-5-24(2)21-36-22-26(4)37(23-25(36)3)32(28-10-7-12-30(38)20-28)27-9-6-11-29(19-27)33(41)35-17-15-34(16-18-35)14-8-13-31(39)40/h6-7,9-12,19-20,24-26,32,38H,5,8,13-18,21-23H2,1-4H3,(H,39,40)/t24?,25-,26+,32?/m1/s1. The van der Waals surface area contributed by atoms with Crippen LogP contribution in [0.3, 0.4) is 0 Å². The molecule has 0 saturated carbocycles. The van der Waals surface area contributed by atoms with Crippen molar-refractivity contribution in [3.8, 4) is 5.75 Å². The van der Waals surface area contributed by atoms with Crippen LogP contribution in [0, 0.1) is 5.92 Å². The zero-order valence-electron chi connectivity index (χ0n) is 25.2. The summed E-state index contributed by atoms with van der Waals surface area (Å²) >= 11 is 0. The summed E-state index contributed by atoms with van der Waals surface area (Å²) in [7, 11) is 0. The molecule has 0 aromatic heterocycles. The first-order valence-electron chi connectivity index (χ1n) is 15.3. The number of aromatic hydroxyl groups is 1. The van der Waals surface area contributed by atoms with Gasteiger partial charge in [-0.25, -0.2) is 0 Å². The lowest BCUT2D eigenvalue weighted by atomic mass is 9.92. The van der Waals surface area contributed by atoms with Crippen LogP contribution in [-0.4, -0.2) is 106 Å². The predicted octanol–water partition coefficient (Wildman–Crippen LogP) is 4.54. The van der Waals surface area contributed by atoms with Gasteiger partial charge in [-0.2, -0.15) is 0 Å². The Kier molecular flexibility index (Phi) is 10.8. The highest BCUT2D eigenvalue weighted by atomic mass is 16.4. The third kappa shape index (κ3) is 8.09. The van der Waals surface area contributed by atoms with E-state index in [1.165, 1.54) is 6.42 Å². The molecule has 0 aliphatic carbocycles. The molecule has 2 N–H and O–H groups in total. The molecule has 4 atom stereocenters. The number of phenols is 1. The van der Waals surface area contributed by atoms with Gasteiger partial charge >= 0.3 is 5.97 Å². The number of carbonyl (C=O) groups excluding carboxylic acids is 1. The highest BCUT2D eigenvalue weighted by Crippen LogP contribution is 2.35. The number of carboxylic acid groups (broad SMARTS) is 1. The first kappa shape index (κ1) is 31.0. The summed E-state index contributed by atoms with van der Waals surface area (Å²) in [5, 5.41) is 19.3. The maximum atomic E-state index is 13.6. The van der Waals surface area contributed by atoms with E-state index in [0.717, 1.165) is 50.4 Å². The van der Waals surface area contributed by atoms with Gasteiger partial charge in [-0.3, -0.25) is 24.3 Å². The Morgan fingerprint density at radius 2 is 1.63 bits per heavy atom. The zero-order valence-corrected chi connectivity index (χ0v) is 25.2. The zero-order chi connectivity index (χ0) is 29.5. The van der Waals surface area contributed by atoms with Crippen molar-refractivity contribution in [3.63, 3.8) is 0 Å². The van der Waals surface area contributed by atoms with Gasteiger partial charge in [0.2, 0.25) is 0 Å². The number of benzene rings is 2. The number of rotatable bonds is 11. The average molecular weight is 565 g/mol. The lowest BCUT2D eigenvalue weighted by Gasteiger charge is -2.48. The third-order valence-corrected chi connectivity index (χ3v) is 8.90. The van der Waals surface area contributed by atoms with Gasteiger partial charge < -0.3 is 15.1 Å². The first-order valence-corrected chi connectivity index (χ1v) is 15.3. The highest BCUT2D eigenvalue weighted by molar-refractivity contribution is 5.94. The van der Waals surface area contributed by atoms with Crippen molar-refractivity contribution in [2.24, 2.45) is 5.92 Å². The van der Waals surface area contributed by atoms with Crippen molar-refractivity contribution in [2.45, 2.75) is 65.1 Å². The number of hydrogen-bond donors (Lipinski definition) is 2. The van der Waals surface area contributed by atoms with E-state index in [4.69, 9.17) is 5.11 Å². The molecule has 0 radical (unpaired) electrons. The summed E-state index contributed by atoms with van der Waals surface area (Å²) in [6.45, 7) is 15.7. The second kappa shape index (κ2) is 14.3. The summed E-state index contributed by atoms with van der Waals surface area (Å²) in [5.74, 6) is 0.176. The van der Waals surface area contributed by atoms with Crippen LogP contribution < -0.4 is 0 Å². The van der Waals surface area contributed by atoms with Gasteiger partial charge in [0.25, 0.3) is 5.91 Å². The first-order chi connectivity index (χ1) is 19.7. The van der Waals surface area contributed by atoms with Gasteiger partial charge in [-0.05, 0) is 68.1 Å². The molecule has 8 heteroatoms. The Bertz CT molecular complexity index is 1170. The Morgan fingerprint density at radius 3 is 2.29 bits per heavy atom. The normalized spacial score (nSPS) is 22.4. The minimum Gasteiger partial charge on any atom is -0.508 e. The van der Waals surface area contributed by atoms with Gasteiger partial charge in [0.05, 0.1) is 6.04 Å². The quantitative estimate of drug-likeness (QED) is 0.414. The summed E-state index contributed by atoms with van der Waals surface area (Å²) in [6.07, 6.45) is 1.98. The van der Waals surface area contributed by atoms with E-state index >= 15 is 0 Å². The van der Waals surface area contributed by atoms with E-state index in [2.05, 4.69) is 54.5 Å². The van der Waals surface area contributed by atoms with Gasteiger partial charge in [0.15, 0.2) is 0 Å². The number of hydrogen-bond acceptors (Lipinski definition) is 6. The molecule has 2 aromatic carbocycles. The largest absolute Gasteiger partial charge is 0.508 e. The predicted molar refractivity (Wildman–Crippen MR) is 162 cm³/mol. The van der Waals surface area contributed by atoms with Gasteiger partial charge in [-0.1, -0.05) is 44.5 Å². The van der Waals surface area contributed by atoms with Gasteiger partial charge in [-0.15, -0.1) is 0 Å². The van der Waals surface area contributed by atoms with Gasteiger partial charge in [0.1, 0.15) is 5.75 Å². The summed E-state index contributed by atoms with van der Waals surface area (Å²) in [6, 6.07) is 16.2. The van der Waals surface area contributed by atoms with Crippen LogP contribution in [0.5, 0.6) is 5.75 Å². The Morgan fingerprint density at radius 1 is 0.951 bits per heavy atom. The summed E-state index contributed by atoms with van der Waals surface area (Å²) < 4.78 is 0. The van der Waals surface area contributed by atoms with Crippen molar-refractivity contribution < 1.29 is 19.8 Å². The SMILES string of the molecule is CCC(C)CN1C[C@H](C)N(C(c2cccc(O)c2)c2cccc(C(=O)N3CCN(CCCC(=O)O)CC3)c2)C[C@H]1C. The van der Waals surface area contributed by atoms with E-state index in [1.807, 2.05) is 35.2 Å². The van der Waals surface area contributed by atoms with Crippen molar-refractivity contribution in [1.29, 1.82) is 0 Å². The molecule has 0 spiro atoms. The van der Waals surface area contributed by atoms with E-state index in [9.17, 15) is 14.7 Å². The fourth-order valence-corrected chi connectivity index (χ4v) is 6.29. The molecule has 4 rings (SSSR count). The van der Waals surface area contributed by atoms with E-state index in [-0.39, 0.29) is 24.1 Å². The minimum atomic E-state index is -0.764.